The summed E-state index contributed by atoms with van der Waals surface area (Å²) in [5, 5.41) is 13.2. The lowest BCUT2D eigenvalue weighted by molar-refractivity contribution is -0.125. The largest absolute Gasteiger partial charge is 0.508 e. The molecular formula is C37H26Cl3FN2O5. The Morgan fingerprint density at radius 2 is 1.54 bits per heavy atom. The number of aromatic hydroxyl groups is 1. The predicted molar refractivity (Wildman–Crippen MR) is 181 cm³/mol. The number of imide groups is 2. The van der Waals surface area contributed by atoms with Gasteiger partial charge >= 0.3 is 0 Å². The van der Waals surface area contributed by atoms with E-state index in [1.165, 1.54) is 18.2 Å². The number of carbonyl (C=O) groups excluding carboxylic acids is 4. The molecule has 3 fully saturated rings. The van der Waals surface area contributed by atoms with Gasteiger partial charge < -0.3 is 5.11 Å². The molecule has 4 aromatic carbocycles. The number of hydrogen-bond donors (Lipinski definition) is 1. The van der Waals surface area contributed by atoms with Crippen molar-refractivity contribution in [3.8, 4) is 5.75 Å². The van der Waals surface area contributed by atoms with Crippen molar-refractivity contribution in [3.05, 3.63) is 112 Å². The molecule has 8 rings (SSSR count). The van der Waals surface area contributed by atoms with Gasteiger partial charge in [-0.15, -0.1) is 23.2 Å². The van der Waals surface area contributed by atoms with Crippen LogP contribution in [0.3, 0.4) is 0 Å². The van der Waals surface area contributed by atoms with Gasteiger partial charge in [-0.1, -0.05) is 59.6 Å². The predicted octanol–water partition coefficient (Wildman–Crippen LogP) is 7.41. The number of amides is 4. The van der Waals surface area contributed by atoms with Gasteiger partial charge in [0, 0.05) is 16.5 Å². The molecule has 4 aliphatic rings. The topological polar surface area (TPSA) is 95.0 Å². The monoisotopic (exact) mass is 702 g/mol. The third-order valence-electron chi connectivity index (χ3n) is 10.5. The minimum Gasteiger partial charge on any atom is -0.508 e. The maximum absolute atomic E-state index is 14.7. The molecule has 2 aliphatic heterocycles. The smallest absolute Gasteiger partial charge is 0.258 e. The van der Waals surface area contributed by atoms with Gasteiger partial charge in [-0.2, -0.15) is 0 Å². The van der Waals surface area contributed by atoms with Crippen molar-refractivity contribution < 1.29 is 28.7 Å². The first-order valence-electron chi connectivity index (χ1n) is 15.5. The Hall–Kier alpha value is -4.24. The second kappa shape index (κ2) is 10.6. The van der Waals surface area contributed by atoms with E-state index in [9.17, 15) is 28.7 Å². The Bertz CT molecular complexity index is 2150. The van der Waals surface area contributed by atoms with Gasteiger partial charge in [-0.3, -0.25) is 19.2 Å². The molecule has 2 aliphatic carbocycles. The zero-order chi connectivity index (χ0) is 33.9. The molecule has 0 aromatic heterocycles. The average Bonchev–Trinajstić information content (AvgIpc) is 3.41. The standard InChI is InChI=1S/C37H26Cl3FN2O5/c1-18-6-10-22(16-27(18)38)42-32(45)25-14-13-24-26(29(25)33(42)46)17-36(39)34(47)43(21-11-8-20(41)9-12-21)35(48)37(36,40)31(24)30-23-5-3-2-4-19(23)7-15-28(30)44/h2-13,15-16,25-26,29,31,44H,14,17H2,1H3/t25-,26+,29-,31+,36+,37-/m0/s1. The molecule has 48 heavy (non-hydrogen) atoms. The number of hydrogen-bond acceptors (Lipinski definition) is 5. The molecule has 1 N–H and O–H groups in total. The molecule has 11 heteroatoms. The minimum atomic E-state index is -2.17. The van der Waals surface area contributed by atoms with E-state index in [4.69, 9.17) is 34.8 Å². The van der Waals surface area contributed by atoms with Gasteiger partial charge in [-0.05, 0) is 84.5 Å². The molecule has 0 bridgehead atoms. The molecule has 1 saturated carbocycles. The number of alkyl halides is 2. The van der Waals surface area contributed by atoms with Crippen LogP contribution in [0.4, 0.5) is 15.8 Å². The highest BCUT2D eigenvalue weighted by molar-refractivity contribution is 6.58. The van der Waals surface area contributed by atoms with E-state index in [2.05, 4.69) is 0 Å². The number of allylic oxidation sites excluding steroid dienone is 2. The van der Waals surface area contributed by atoms with Crippen LogP contribution in [0.5, 0.6) is 5.75 Å². The zero-order valence-electron chi connectivity index (χ0n) is 25.3. The van der Waals surface area contributed by atoms with Crippen LogP contribution in [0.25, 0.3) is 10.8 Å². The molecule has 7 nitrogen and oxygen atoms in total. The van der Waals surface area contributed by atoms with E-state index < -0.39 is 62.9 Å². The summed E-state index contributed by atoms with van der Waals surface area (Å²) in [5.74, 6) is -6.98. The fourth-order valence-electron chi connectivity index (χ4n) is 8.28. The Kier molecular flexibility index (Phi) is 6.88. The number of phenolic OH excluding ortho intramolecular Hbond substituents is 1. The molecule has 4 amide bonds. The number of fused-ring (bicyclic) bond motifs is 5. The summed E-state index contributed by atoms with van der Waals surface area (Å²) in [6.45, 7) is 1.81. The van der Waals surface area contributed by atoms with Gasteiger partial charge in [0.2, 0.25) is 11.8 Å². The van der Waals surface area contributed by atoms with Crippen LogP contribution in [0, 0.1) is 30.5 Å². The fourth-order valence-corrected chi connectivity index (χ4v) is 9.37. The van der Waals surface area contributed by atoms with Crippen LogP contribution in [-0.2, 0) is 19.2 Å². The van der Waals surface area contributed by atoms with Gasteiger partial charge in [0.05, 0.1) is 23.2 Å². The van der Waals surface area contributed by atoms with Crippen LogP contribution < -0.4 is 9.80 Å². The van der Waals surface area contributed by atoms with Gasteiger partial charge in [0.1, 0.15) is 11.6 Å². The second-order valence-corrected chi connectivity index (χ2v) is 14.6. The Morgan fingerprint density at radius 1 is 0.833 bits per heavy atom. The molecule has 2 saturated heterocycles. The van der Waals surface area contributed by atoms with E-state index in [1.54, 1.807) is 36.4 Å². The summed E-state index contributed by atoms with van der Waals surface area (Å²) in [7, 11) is 0. The lowest BCUT2D eigenvalue weighted by Crippen LogP contribution is -2.60. The maximum Gasteiger partial charge on any atom is 0.258 e. The van der Waals surface area contributed by atoms with Crippen molar-refractivity contribution in [2.24, 2.45) is 17.8 Å². The minimum absolute atomic E-state index is 0.0751. The Balaban J connectivity index is 1.34. The fraction of sp³-hybridized carbons (Fsp3) is 0.243. The van der Waals surface area contributed by atoms with Crippen LogP contribution in [-0.4, -0.2) is 38.5 Å². The first-order chi connectivity index (χ1) is 22.9. The Labute approximate surface area is 289 Å². The molecule has 2 heterocycles. The number of anilines is 2. The maximum atomic E-state index is 14.7. The van der Waals surface area contributed by atoms with E-state index in [0.717, 1.165) is 32.9 Å². The molecule has 6 atom stereocenters. The van der Waals surface area contributed by atoms with Crippen molar-refractivity contribution in [3.63, 3.8) is 0 Å². The SMILES string of the molecule is Cc1ccc(N2C(=O)[C@H]3[C@H](CC=C4[C@H]3C[C@@]3(Cl)C(=O)N(c5ccc(F)cc5)C(=O)[C@@]3(Cl)[C@H]4c3c(O)ccc4ccccc34)C2=O)cc1Cl. The first kappa shape index (κ1) is 31.1. The number of phenols is 1. The molecule has 242 valence electrons. The molecule has 0 spiro atoms. The van der Waals surface area contributed by atoms with Crippen LogP contribution in [0.1, 0.15) is 29.9 Å². The highest BCUT2D eigenvalue weighted by Gasteiger charge is 2.77. The lowest BCUT2D eigenvalue weighted by Gasteiger charge is -2.51. The van der Waals surface area contributed by atoms with Crippen molar-refractivity contribution in [1.29, 1.82) is 0 Å². The summed E-state index contributed by atoms with van der Waals surface area (Å²) < 4.78 is 13.9. The third-order valence-corrected chi connectivity index (χ3v) is 12.4. The van der Waals surface area contributed by atoms with E-state index in [0.29, 0.717) is 21.7 Å². The lowest BCUT2D eigenvalue weighted by atomic mass is 9.56. The quantitative estimate of drug-likeness (QED) is 0.136. The van der Waals surface area contributed by atoms with Crippen LogP contribution in [0.15, 0.2) is 90.5 Å². The number of carbonyl (C=O) groups is 4. The first-order valence-corrected chi connectivity index (χ1v) is 16.6. The van der Waals surface area contributed by atoms with E-state index in [-0.39, 0.29) is 29.8 Å². The van der Waals surface area contributed by atoms with E-state index >= 15 is 0 Å². The zero-order valence-corrected chi connectivity index (χ0v) is 27.6. The highest BCUT2D eigenvalue weighted by Crippen LogP contribution is 2.67. The van der Waals surface area contributed by atoms with Crippen molar-refractivity contribution in [2.45, 2.75) is 35.4 Å². The second-order valence-electron chi connectivity index (χ2n) is 12.9. The molecule has 4 aromatic rings. The number of nitrogens with zero attached hydrogens (tertiary/aromatic N) is 2. The van der Waals surface area contributed by atoms with Crippen LogP contribution in [0.2, 0.25) is 5.02 Å². The van der Waals surface area contributed by atoms with Crippen molar-refractivity contribution in [1.82, 2.24) is 0 Å². The number of halogens is 4. The normalized spacial score (nSPS) is 29.6. The van der Waals surface area contributed by atoms with Crippen molar-refractivity contribution in [2.75, 3.05) is 9.80 Å². The van der Waals surface area contributed by atoms with Crippen LogP contribution >= 0.6 is 34.8 Å². The molecule has 0 radical (unpaired) electrons. The molecule has 0 unspecified atom stereocenters. The number of rotatable bonds is 3. The summed E-state index contributed by atoms with van der Waals surface area (Å²) in [5.41, 5.74) is 2.01. The molecular weight excluding hydrogens is 678 g/mol. The average molecular weight is 704 g/mol. The Morgan fingerprint density at radius 3 is 2.27 bits per heavy atom. The number of benzene rings is 4. The van der Waals surface area contributed by atoms with Gasteiger partial charge in [0.25, 0.3) is 11.8 Å². The highest BCUT2D eigenvalue weighted by atomic mass is 35.5. The van der Waals surface area contributed by atoms with E-state index in [1.807, 2.05) is 25.1 Å². The summed E-state index contributed by atoms with van der Waals surface area (Å²) >= 11 is 21.3. The summed E-state index contributed by atoms with van der Waals surface area (Å²) in [6, 6.07) is 20.2. The summed E-state index contributed by atoms with van der Waals surface area (Å²) in [6.07, 6.45) is 1.73. The van der Waals surface area contributed by atoms with Crippen molar-refractivity contribution >= 4 is 80.6 Å². The summed E-state index contributed by atoms with van der Waals surface area (Å²) in [4.78, 5) is 55.2. The number of aryl methyl sites for hydroxylation is 1. The third kappa shape index (κ3) is 4.00. The van der Waals surface area contributed by atoms with Gasteiger partial charge in [-0.25, -0.2) is 14.2 Å². The van der Waals surface area contributed by atoms with Gasteiger partial charge in [0.15, 0.2) is 9.75 Å².